The van der Waals surface area contributed by atoms with Crippen LogP contribution in [0.15, 0.2) is 12.2 Å². The van der Waals surface area contributed by atoms with Gasteiger partial charge < -0.3 is 39.9 Å². The van der Waals surface area contributed by atoms with Crippen LogP contribution in [0.3, 0.4) is 0 Å². The van der Waals surface area contributed by atoms with Crippen LogP contribution in [0.5, 0.6) is 0 Å². The lowest BCUT2D eigenvalue weighted by Gasteiger charge is -2.41. The molecule has 6 N–H and O–H groups in total. The van der Waals surface area contributed by atoms with E-state index in [-0.39, 0.29) is 12.8 Å². The standard InChI is InChI=1S/C50H95O13P/c1-3-5-7-9-11-13-15-17-19-20-21-22-23-25-27-29-31-33-35-37-39-44(52)62-42(41-61-64(58,59)63-50-48(56)46(54)45(53)47(55)49(50)57)40-60-43(51)38-36-34-32-30-28-26-24-18-16-14-12-10-8-6-4-2/h18,24,42,45-50,53-57H,3-17,19-23,25-41H2,1-2H3,(H,58,59)/b24-18+/t42-,45?,46-,47?,48?,49?,50?/m1/s1. The molecule has 64 heavy (non-hydrogen) atoms. The summed E-state index contributed by atoms with van der Waals surface area (Å²) in [6.45, 7) is 3.33. The summed E-state index contributed by atoms with van der Waals surface area (Å²) in [6, 6.07) is 0. The van der Waals surface area contributed by atoms with Crippen LogP contribution < -0.4 is 0 Å². The van der Waals surface area contributed by atoms with Crippen molar-refractivity contribution in [3.05, 3.63) is 12.2 Å². The van der Waals surface area contributed by atoms with Gasteiger partial charge in [0.1, 0.15) is 43.2 Å². The Morgan fingerprint density at radius 3 is 1.19 bits per heavy atom. The van der Waals surface area contributed by atoms with Gasteiger partial charge in [-0.1, -0.05) is 199 Å². The van der Waals surface area contributed by atoms with Crippen LogP contribution in [0.2, 0.25) is 0 Å². The van der Waals surface area contributed by atoms with Crippen molar-refractivity contribution in [1.82, 2.24) is 0 Å². The van der Waals surface area contributed by atoms with Gasteiger partial charge in [0, 0.05) is 12.8 Å². The molecule has 0 saturated heterocycles. The lowest BCUT2D eigenvalue weighted by molar-refractivity contribution is -0.220. The zero-order chi connectivity index (χ0) is 47.1. The third kappa shape index (κ3) is 32.3. The molecule has 14 heteroatoms. The molecule has 0 aromatic rings. The van der Waals surface area contributed by atoms with Crippen LogP contribution in [0.1, 0.15) is 239 Å². The quantitative estimate of drug-likeness (QED) is 0.0146. The number of carbonyl (C=O) groups excluding carboxylic acids is 2. The van der Waals surface area contributed by atoms with Gasteiger partial charge in [0.25, 0.3) is 0 Å². The summed E-state index contributed by atoms with van der Waals surface area (Å²) < 4.78 is 33.6. The van der Waals surface area contributed by atoms with Crippen LogP contribution >= 0.6 is 7.82 Å². The Bertz CT molecular complexity index is 1170. The molecular weight excluding hydrogens is 840 g/mol. The average Bonchev–Trinajstić information content (AvgIpc) is 3.28. The fraction of sp³-hybridized carbons (Fsp3) is 0.920. The highest BCUT2D eigenvalue weighted by molar-refractivity contribution is 7.47. The zero-order valence-corrected chi connectivity index (χ0v) is 41.2. The number of phosphoric acid groups is 1. The van der Waals surface area contributed by atoms with Crippen molar-refractivity contribution >= 4 is 19.8 Å². The normalized spacial score (nSPS) is 21.6. The van der Waals surface area contributed by atoms with Crippen LogP contribution in [-0.4, -0.2) is 98.3 Å². The molecule has 1 saturated carbocycles. The first-order valence-corrected chi connectivity index (χ1v) is 27.5. The highest BCUT2D eigenvalue weighted by Crippen LogP contribution is 2.47. The van der Waals surface area contributed by atoms with Crippen molar-refractivity contribution in [3.8, 4) is 0 Å². The molecule has 1 rings (SSSR count). The molecule has 0 spiro atoms. The second kappa shape index (κ2) is 40.6. The van der Waals surface area contributed by atoms with Crippen LogP contribution in [0, 0.1) is 0 Å². The minimum Gasteiger partial charge on any atom is -0.462 e. The van der Waals surface area contributed by atoms with Gasteiger partial charge in [0.15, 0.2) is 6.10 Å². The number of unbranched alkanes of at least 4 members (excludes halogenated alkanes) is 30. The summed E-state index contributed by atoms with van der Waals surface area (Å²) in [4.78, 5) is 35.8. The number of hydrogen-bond acceptors (Lipinski definition) is 12. The minimum atomic E-state index is -5.12. The summed E-state index contributed by atoms with van der Waals surface area (Å²) in [6.07, 6.45) is 31.2. The number of aliphatic hydroxyl groups is 5. The summed E-state index contributed by atoms with van der Waals surface area (Å²) >= 11 is 0. The highest BCUT2D eigenvalue weighted by atomic mass is 31.2. The minimum absolute atomic E-state index is 0.101. The molecule has 0 aliphatic heterocycles. The molecule has 6 unspecified atom stereocenters. The van der Waals surface area contributed by atoms with E-state index in [0.29, 0.717) is 12.8 Å². The Hall–Kier alpha value is -1.41. The van der Waals surface area contributed by atoms with Gasteiger partial charge >= 0.3 is 19.8 Å². The number of ether oxygens (including phenoxy) is 2. The first kappa shape index (κ1) is 60.6. The maximum absolute atomic E-state index is 12.8. The van der Waals surface area contributed by atoms with E-state index in [1.165, 1.54) is 141 Å². The molecule has 0 heterocycles. The maximum Gasteiger partial charge on any atom is 0.472 e. The van der Waals surface area contributed by atoms with Crippen LogP contribution in [0.4, 0.5) is 0 Å². The van der Waals surface area contributed by atoms with Crippen molar-refractivity contribution in [1.29, 1.82) is 0 Å². The van der Waals surface area contributed by atoms with E-state index in [4.69, 9.17) is 18.5 Å². The molecule has 1 fully saturated rings. The smallest absolute Gasteiger partial charge is 0.462 e. The van der Waals surface area contributed by atoms with Gasteiger partial charge in [0.2, 0.25) is 0 Å². The second-order valence-electron chi connectivity index (χ2n) is 18.4. The van der Waals surface area contributed by atoms with Gasteiger partial charge in [-0.3, -0.25) is 18.6 Å². The Kier molecular flexibility index (Phi) is 38.5. The number of allylic oxidation sites excluding steroid dienone is 2. The van der Waals surface area contributed by atoms with E-state index >= 15 is 0 Å². The predicted molar refractivity (Wildman–Crippen MR) is 254 cm³/mol. The molecule has 0 amide bonds. The van der Waals surface area contributed by atoms with E-state index in [0.717, 1.165) is 57.8 Å². The van der Waals surface area contributed by atoms with Crippen LogP contribution in [-0.2, 0) is 32.7 Å². The van der Waals surface area contributed by atoms with Crippen molar-refractivity contribution in [2.75, 3.05) is 13.2 Å². The number of hydrogen-bond donors (Lipinski definition) is 6. The van der Waals surface area contributed by atoms with E-state index in [9.17, 15) is 44.6 Å². The van der Waals surface area contributed by atoms with Crippen LogP contribution in [0.25, 0.3) is 0 Å². The maximum atomic E-state index is 12.8. The van der Waals surface area contributed by atoms with Gasteiger partial charge in [-0.25, -0.2) is 4.57 Å². The molecule has 1 aliphatic carbocycles. The Morgan fingerprint density at radius 2 is 0.797 bits per heavy atom. The summed E-state index contributed by atoms with van der Waals surface area (Å²) in [5, 5.41) is 50.2. The zero-order valence-electron chi connectivity index (χ0n) is 40.3. The first-order chi connectivity index (χ1) is 30.9. The van der Waals surface area contributed by atoms with Gasteiger partial charge in [-0.2, -0.15) is 0 Å². The predicted octanol–water partition coefficient (Wildman–Crippen LogP) is 11.0. The van der Waals surface area contributed by atoms with Gasteiger partial charge in [0.05, 0.1) is 6.61 Å². The van der Waals surface area contributed by atoms with E-state index in [1.54, 1.807) is 0 Å². The number of carbonyl (C=O) groups is 2. The third-order valence-electron chi connectivity index (χ3n) is 12.4. The number of rotatable bonds is 44. The summed E-state index contributed by atoms with van der Waals surface area (Å²) in [5.41, 5.74) is 0. The number of esters is 2. The molecule has 378 valence electrons. The highest BCUT2D eigenvalue weighted by Gasteiger charge is 2.51. The third-order valence-corrected chi connectivity index (χ3v) is 13.3. The molecule has 0 aromatic carbocycles. The summed E-state index contributed by atoms with van der Waals surface area (Å²) in [7, 11) is -5.12. The van der Waals surface area contributed by atoms with Crippen molar-refractivity contribution in [3.63, 3.8) is 0 Å². The molecule has 0 radical (unpaired) electrons. The van der Waals surface area contributed by atoms with Crippen molar-refractivity contribution < 1.29 is 63.1 Å². The Balaban J connectivity index is 2.38. The van der Waals surface area contributed by atoms with Gasteiger partial charge in [-0.05, 0) is 38.5 Å². The second-order valence-corrected chi connectivity index (χ2v) is 19.8. The average molecular weight is 935 g/mol. The molecule has 1 aliphatic rings. The number of phosphoric ester groups is 1. The fourth-order valence-electron chi connectivity index (χ4n) is 8.17. The molecule has 0 aromatic heterocycles. The molecule has 0 bridgehead atoms. The Morgan fingerprint density at radius 1 is 0.469 bits per heavy atom. The number of aliphatic hydroxyl groups excluding tert-OH is 5. The Labute approximate surface area is 388 Å². The SMILES string of the molecule is CCCCCCCC/C=C/CCCCCCCC(=O)OC[C@H](COP(=O)(O)OC1C(O)C(O)C(O)[C@@H](O)C1O)OC(=O)CCCCCCCCCCCCCCCCCCCCCC. The first-order valence-electron chi connectivity index (χ1n) is 26.0. The largest absolute Gasteiger partial charge is 0.472 e. The molecule has 13 nitrogen and oxygen atoms in total. The molecular formula is C50H95O13P. The lowest BCUT2D eigenvalue weighted by Crippen LogP contribution is -2.64. The van der Waals surface area contributed by atoms with Crippen molar-refractivity contribution in [2.24, 2.45) is 0 Å². The topological polar surface area (TPSA) is 210 Å². The van der Waals surface area contributed by atoms with E-state index < -0.39 is 75.7 Å². The van der Waals surface area contributed by atoms with Crippen molar-refractivity contribution in [2.45, 2.75) is 281 Å². The summed E-state index contributed by atoms with van der Waals surface area (Å²) in [5.74, 6) is -1.09. The monoisotopic (exact) mass is 935 g/mol. The fourth-order valence-corrected chi connectivity index (χ4v) is 9.14. The van der Waals surface area contributed by atoms with E-state index in [1.807, 2.05) is 0 Å². The van der Waals surface area contributed by atoms with Gasteiger partial charge in [-0.15, -0.1) is 0 Å². The lowest BCUT2D eigenvalue weighted by atomic mass is 9.85. The molecule has 8 atom stereocenters. The van der Waals surface area contributed by atoms with E-state index in [2.05, 4.69) is 26.0 Å².